The molecule has 5 nitrogen and oxygen atoms in total. The third kappa shape index (κ3) is 6.13. The number of ether oxygens (including phenoxy) is 1. The molecule has 0 heterocycles. The molecule has 0 saturated carbocycles. The number of rotatable bonds is 9. The van der Waals surface area contributed by atoms with Crippen LogP contribution < -0.4 is 9.80 Å². The van der Waals surface area contributed by atoms with Crippen LogP contribution in [0.15, 0.2) is 23.2 Å². The zero-order chi connectivity index (χ0) is 19.9. The maximum absolute atomic E-state index is 11.7. The Bertz CT molecular complexity index is 622. The van der Waals surface area contributed by atoms with Crippen molar-refractivity contribution in [2.45, 2.75) is 53.1 Å². The topological polar surface area (TPSA) is 45.1 Å². The first-order chi connectivity index (χ1) is 12.1. The Hall–Kier alpha value is -1.88. The second-order valence-corrected chi connectivity index (χ2v) is 7.38. The van der Waals surface area contributed by atoms with Crippen LogP contribution in [0.1, 0.15) is 47.5 Å². The molecule has 0 aliphatic heterocycles. The van der Waals surface area contributed by atoms with Crippen molar-refractivity contribution in [1.29, 1.82) is 0 Å². The van der Waals surface area contributed by atoms with Gasteiger partial charge in [0.05, 0.1) is 17.0 Å². The molecule has 0 saturated heterocycles. The summed E-state index contributed by atoms with van der Waals surface area (Å²) in [7, 11) is 5.55. The van der Waals surface area contributed by atoms with Gasteiger partial charge in [-0.2, -0.15) is 0 Å². The second kappa shape index (κ2) is 9.72. The summed E-state index contributed by atoms with van der Waals surface area (Å²) in [4.78, 5) is 20.3. The van der Waals surface area contributed by atoms with Crippen LogP contribution in [0, 0.1) is 5.92 Å². The highest BCUT2D eigenvalue weighted by Crippen LogP contribution is 2.33. The Balaban J connectivity index is 3.28. The molecule has 0 aliphatic rings. The molecule has 1 aromatic rings. The monoisotopic (exact) mass is 361 g/mol. The number of benzene rings is 1. The Morgan fingerprint density at radius 3 is 2.38 bits per heavy atom. The highest BCUT2D eigenvalue weighted by atomic mass is 16.5. The van der Waals surface area contributed by atoms with E-state index >= 15 is 0 Å². The summed E-state index contributed by atoms with van der Waals surface area (Å²) in [6.07, 6.45) is 4.12. The van der Waals surface area contributed by atoms with E-state index in [2.05, 4.69) is 25.8 Å². The lowest BCUT2D eigenvalue weighted by Crippen LogP contribution is -2.26. The van der Waals surface area contributed by atoms with Crippen LogP contribution in [0.4, 0.5) is 17.1 Å². The van der Waals surface area contributed by atoms with E-state index in [9.17, 15) is 4.79 Å². The smallest absolute Gasteiger partial charge is 0.223 e. The van der Waals surface area contributed by atoms with Crippen LogP contribution in [-0.2, 0) is 9.53 Å². The number of amides is 1. The maximum atomic E-state index is 11.7. The number of carbonyl (C=O) groups is 1. The molecule has 0 radical (unpaired) electrons. The number of hydrogen-bond acceptors (Lipinski definition) is 4. The van der Waals surface area contributed by atoms with E-state index in [1.165, 1.54) is 0 Å². The van der Waals surface area contributed by atoms with Crippen molar-refractivity contribution in [1.82, 2.24) is 0 Å². The van der Waals surface area contributed by atoms with Gasteiger partial charge in [-0.1, -0.05) is 26.7 Å². The van der Waals surface area contributed by atoms with Crippen LogP contribution in [0.3, 0.4) is 0 Å². The molecule has 0 aliphatic carbocycles. The fourth-order valence-electron chi connectivity index (χ4n) is 2.64. The Labute approximate surface area is 159 Å². The van der Waals surface area contributed by atoms with E-state index < -0.39 is 5.60 Å². The van der Waals surface area contributed by atoms with E-state index in [4.69, 9.17) is 9.73 Å². The number of methoxy groups -OCH3 is 1. The summed E-state index contributed by atoms with van der Waals surface area (Å²) in [5.41, 5.74) is 2.28. The van der Waals surface area contributed by atoms with Crippen LogP contribution in [0.5, 0.6) is 0 Å². The first-order valence-corrected chi connectivity index (χ1v) is 9.35. The molecule has 0 atom stereocenters. The van der Waals surface area contributed by atoms with E-state index in [0.29, 0.717) is 5.92 Å². The molecular weight excluding hydrogens is 326 g/mol. The fraction of sp³-hybridized carbons (Fsp3) is 0.619. The van der Waals surface area contributed by atoms with Gasteiger partial charge in [0.25, 0.3) is 0 Å². The first-order valence-electron chi connectivity index (χ1n) is 9.35. The van der Waals surface area contributed by atoms with Crippen molar-refractivity contribution < 1.29 is 9.53 Å². The number of anilines is 2. The molecule has 0 bridgehead atoms. The highest BCUT2D eigenvalue weighted by Gasteiger charge is 2.16. The molecule has 0 fully saturated rings. The SMILES string of the molecule is CCC(CC)CN(C)c1ccc(N(C)C(C)=O)cc1N=CC(C)(C)OC. The van der Waals surface area contributed by atoms with Gasteiger partial charge in [-0.05, 0) is 38.0 Å². The van der Waals surface area contributed by atoms with Crippen molar-refractivity contribution in [3.05, 3.63) is 18.2 Å². The predicted molar refractivity (Wildman–Crippen MR) is 112 cm³/mol. The predicted octanol–water partition coefficient (Wildman–Crippen LogP) is 4.67. The number of carbonyl (C=O) groups excluding carboxylic acids is 1. The molecule has 5 heteroatoms. The van der Waals surface area contributed by atoms with Gasteiger partial charge in [0.2, 0.25) is 5.91 Å². The summed E-state index contributed by atoms with van der Waals surface area (Å²) in [6, 6.07) is 5.98. The largest absolute Gasteiger partial charge is 0.373 e. The molecule has 146 valence electrons. The fourth-order valence-corrected chi connectivity index (χ4v) is 2.64. The van der Waals surface area contributed by atoms with E-state index in [0.717, 1.165) is 36.4 Å². The number of aliphatic imine (C=N–C) groups is 1. The van der Waals surface area contributed by atoms with Gasteiger partial charge in [0, 0.05) is 46.6 Å². The minimum absolute atomic E-state index is 0.00437. The van der Waals surface area contributed by atoms with Crippen molar-refractivity contribution in [2.24, 2.45) is 10.9 Å². The lowest BCUT2D eigenvalue weighted by atomic mass is 10.0. The standard InChI is InChI=1S/C21H35N3O2/c1-9-17(10-2)14-23(6)20-12-11-18(24(7)16(3)25)13-19(20)22-15-21(4,5)26-8/h11-13,15,17H,9-10,14H2,1-8H3. The quantitative estimate of drug-likeness (QED) is 0.601. The molecular formula is C21H35N3O2. The Morgan fingerprint density at radius 2 is 1.88 bits per heavy atom. The molecule has 1 aromatic carbocycles. The van der Waals surface area contributed by atoms with Crippen LogP contribution >= 0.6 is 0 Å². The third-order valence-electron chi connectivity index (χ3n) is 4.96. The Morgan fingerprint density at radius 1 is 1.27 bits per heavy atom. The van der Waals surface area contributed by atoms with Gasteiger partial charge in [0.1, 0.15) is 0 Å². The molecule has 1 rings (SSSR count). The average Bonchev–Trinajstić information content (AvgIpc) is 2.63. The summed E-state index contributed by atoms with van der Waals surface area (Å²) in [5.74, 6) is 0.641. The molecule has 0 spiro atoms. The second-order valence-electron chi connectivity index (χ2n) is 7.38. The van der Waals surface area contributed by atoms with Gasteiger partial charge >= 0.3 is 0 Å². The summed E-state index contributed by atoms with van der Waals surface area (Å²) < 4.78 is 5.45. The lowest BCUT2D eigenvalue weighted by molar-refractivity contribution is -0.116. The first kappa shape index (κ1) is 22.2. The normalized spacial score (nSPS) is 12.0. The van der Waals surface area contributed by atoms with E-state index in [-0.39, 0.29) is 5.91 Å². The summed E-state index contributed by atoms with van der Waals surface area (Å²) in [6.45, 7) is 10.9. The molecule has 26 heavy (non-hydrogen) atoms. The van der Waals surface area contributed by atoms with Gasteiger partial charge in [-0.3, -0.25) is 9.79 Å². The zero-order valence-corrected chi connectivity index (χ0v) is 17.7. The molecule has 0 N–H and O–H groups in total. The minimum Gasteiger partial charge on any atom is -0.373 e. The van der Waals surface area contributed by atoms with Crippen molar-refractivity contribution in [2.75, 3.05) is 37.5 Å². The number of hydrogen-bond donors (Lipinski definition) is 0. The third-order valence-corrected chi connectivity index (χ3v) is 4.96. The summed E-state index contributed by atoms with van der Waals surface area (Å²) >= 11 is 0. The maximum Gasteiger partial charge on any atom is 0.223 e. The van der Waals surface area contributed by atoms with Gasteiger partial charge in [0.15, 0.2) is 0 Å². The van der Waals surface area contributed by atoms with Crippen LogP contribution in [-0.4, -0.2) is 45.5 Å². The van der Waals surface area contributed by atoms with Crippen molar-refractivity contribution in [3.63, 3.8) is 0 Å². The lowest BCUT2D eigenvalue weighted by Gasteiger charge is -2.27. The average molecular weight is 362 g/mol. The van der Waals surface area contributed by atoms with Crippen molar-refractivity contribution >= 4 is 29.2 Å². The van der Waals surface area contributed by atoms with Crippen molar-refractivity contribution in [3.8, 4) is 0 Å². The van der Waals surface area contributed by atoms with Crippen LogP contribution in [0.2, 0.25) is 0 Å². The van der Waals surface area contributed by atoms with Crippen LogP contribution in [0.25, 0.3) is 0 Å². The van der Waals surface area contributed by atoms with Gasteiger partial charge in [-0.25, -0.2) is 0 Å². The molecule has 0 aromatic heterocycles. The summed E-state index contributed by atoms with van der Waals surface area (Å²) in [5, 5.41) is 0. The van der Waals surface area contributed by atoms with E-state index in [1.54, 1.807) is 26.0 Å². The van der Waals surface area contributed by atoms with Gasteiger partial charge < -0.3 is 14.5 Å². The highest BCUT2D eigenvalue weighted by molar-refractivity contribution is 5.92. The molecule has 1 amide bonds. The zero-order valence-electron chi connectivity index (χ0n) is 17.7. The molecule has 0 unspecified atom stereocenters. The van der Waals surface area contributed by atoms with E-state index in [1.807, 2.05) is 38.3 Å². The number of nitrogens with zero attached hydrogens (tertiary/aromatic N) is 3. The Kier molecular flexibility index (Phi) is 8.28. The van der Waals surface area contributed by atoms with Gasteiger partial charge in [-0.15, -0.1) is 0 Å². The minimum atomic E-state index is -0.451.